The Morgan fingerprint density at radius 2 is 2.00 bits per heavy atom. The molecule has 1 N–H and O–H groups in total. The summed E-state index contributed by atoms with van der Waals surface area (Å²) in [6.45, 7) is 5.94. The van der Waals surface area contributed by atoms with Crippen molar-refractivity contribution in [2.24, 2.45) is 0 Å². The molecule has 8 nitrogen and oxygen atoms in total. The molecule has 0 radical (unpaired) electrons. The highest BCUT2D eigenvalue weighted by Crippen LogP contribution is 2.45. The molecule has 9 heteroatoms. The molecule has 0 fully saturated rings. The van der Waals surface area contributed by atoms with Gasteiger partial charge in [-0.2, -0.15) is 0 Å². The van der Waals surface area contributed by atoms with Crippen molar-refractivity contribution in [3.63, 3.8) is 0 Å². The molecular formula is C31H24N2O6S. The van der Waals surface area contributed by atoms with E-state index in [-0.39, 0.29) is 17.9 Å². The van der Waals surface area contributed by atoms with Crippen molar-refractivity contribution in [1.82, 2.24) is 4.98 Å². The number of carbonyl (C=O) groups is 2. The molecule has 1 aliphatic rings. The van der Waals surface area contributed by atoms with Crippen molar-refractivity contribution in [2.75, 3.05) is 18.6 Å². The van der Waals surface area contributed by atoms with Crippen molar-refractivity contribution in [3.05, 3.63) is 108 Å². The summed E-state index contributed by atoms with van der Waals surface area (Å²) in [7, 11) is 1.51. The zero-order valence-corrected chi connectivity index (χ0v) is 22.5. The van der Waals surface area contributed by atoms with Gasteiger partial charge in [0.05, 0.1) is 28.9 Å². The Balaban J connectivity index is 1.50. The number of aryl methyl sites for hydroxylation is 1. The van der Waals surface area contributed by atoms with Gasteiger partial charge in [0.2, 0.25) is 5.78 Å². The number of fused-ring (bicyclic) bond motifs is 2. The van der Waals surface area contributed by atoms with Gasteiger partial charge < -0.3 is 19.0 Å². The van der Waals surface area contributed by atoms with Crippen molar-refractivity contribution in [3.8, 4) is 11.5 Å². The summed E-state index contributed by atoms with van der Waals surface area (Å²) < 4.78 is 17.9. The zero-order chi connectivity index (χ0) is 28.0. The summed E-state index contributed by atoms with van der Waals surface area (Å²) >= 11 is 1.31. The zero-order valence-electron chi connectivity index (χ0n) is 21.7. The fraction of sp³-hybridized carbons (Fsp3) is 0.129. The molecule has 0 saturated carbocycles. The maximum Gasteiger partial charge on any atom is 0.296 e. The van der Waals surface area contributed by atoms with Gasteiger partial charge in [-0.15, -0.1) is 0 Å². The second-order valence-corrected chi connectivity index (χ2v) is 10.3. The lowest BCUT2D eigenvalue weighted by atomic mass is 9.95. The third kappa shape index (κ3) is 4.20. The number of thiazole rings is 1. The predicted octanol–water partition coefficient (Wildman–Crippen LogP) is 6.71. The van der Waals surface area contributed by atoms with E-state index < -0.39 is 23.5 Å². The minimum Gasteiger partial charge on any atom is -0.503 e. The van der Waals surface area contributed by atoms with E-state index in [2.05, 4.69) is 11.6 Å². The first-order valence-corrected chi connectivity index (χ1v) is 13.3. The molecule has 2 aromatic heterocycles. The Labute approximate surface area is 233 Å². The molecule has 5 aromatic rings. The number of methoxy groups -OCH3 is 1. The predicted molar refractivity (Wildman–Crippen MR) is 153 cm³/mol. The van der Waals surface area contributed by atoms with Crippen LogP contribution >= 0.6 is 11.3 Å². The Bertz CT molecular complexity index is 1850. The van der Waals surface area contributed by atoms with Crippen LogP contribution in [0.3, 0.4) is 0 Å². The SMILES string of the molecule is C=CCOc1cccc(C2C(C(=O)c3cc4cccc(OC)c4o3)=C(O)C(=O)N2c2nc3ccc(C)cc3s2)c1. The molecule has 0 saturated heterocycles. The van der Waals surface area contributed by atoms with Crippen LogP contribution in [-0.4, -0.2) is 35.5 Å². The van der Waals surface area contributed by atoms with E-state index in [0.717, 1.165) is 10.3 Å². The first-order chi connectivity index (χ1) is 19.4. The number of ether oxygens (including phenoxy) is 2. The molecule has 3 heterocycles. The molecule has 1 atom stereocenters. The highest BCUT2D eigenvalue weighted by atomic mass is 32.1. The van der Waals surface area contributed by atoms with E-state index in [1.54, 1.807) is 54.6 Å². The Hall–Kier alpha value is -4.89. The van der Waals surface area contributed by atoms with E-state index in [1.165, 1.54) is 23.3 Å². The minimum absolute atomic E-state index is 0.0281. The molecule has 3 aromatic carbocycles. The number of furan rings is 1. The number of hydrogen-bond acceptors (Lipinski definition) is 8. The van der Waals surface area contributed by atoms with E-state index in [4.69, 9.17) is 13.9 Å². The van der Waals surface area contributed by atoms with Crippen LogP contribution in [0, 0.1) is 6.92 Å². The van der Waals surface area contributed by atoms with E-state index in [1.807, 2.05) is 25.1 Å². The third-order valence-electron chi connectivity index (χ3n) is 6.68. The molecule has 0 aliphatic carbocycles. The van der Waals surface area contributed by atoms with Gasteiger partial charge in [-0.1, -0.05) is 54.3 Å². The first kappa shape index (κ1) is 25.4. The highest BCUT2D eigenvalue weighted by Gasteiger charge is 2.46. The van der Waals surface area contributed by atoms with Gasteiger partial charge >= 0.3 is 0 Å². The molecule has 0 bridgehead atoms. The van der Waals surface area contributed by atoms with Gasteiger partial charge in [0, 0.05) is 5.39 Å². The van der Waals surface area contributed by atoms with Crippen molar-refractivity contribution < 1.29 is 28.6 Å². The van der Waals surface area contributed by atoms with Gasteiger partial charge in [0.15, 0.2) is 28.0 Å². The number of para-hydroxylation sites is 1. The van der Waals surface area contributed by atoms with Gasteiger partial charge in [-0.25, -0.2) is 4.98 Å². The standard InChI is InChI=1S/C31H24N2O6S/c1-4-13-38-20-9-5-7-18(15-20)26-25(27(34)23-16-19-8-6-10-22(37-3)29(19)39-23)28(35)30(36)33(26)31-32-21-12-11-17(2)14-24(21)40-31/h4-12,14-16,26,35H,1,13H2,2-3H3. The van der Waals surface area contributed by atoms with E-state index in [9.17, 15) is 14.7 Å². The summed E-state index contributed by atoms with van der Waals surface area (Å²) in [5, 5.41) is 12.2. The second kappa shape index (κ2) is 10.0. The summed E-state index contributed by atoms with van der Waals surface area (Å²) in [6, 6.07) is 18.7. The van der Waals surface area contributed by atoms with Crippen LogP contribution in [0.25, 0.3) is 21.2 Å². The van der Waals surface area contributed by atoms with Gasteiger partial charge in [0.25, 0.3) is 5.91 Å². The number of carbonyl (C=O) groups excluding carboxylic acids is 2. The van der Waals surface area contributed by atoms with Crippen LogP contribution in [-0.2, 0) is 4.79 Å². The van der Waals surface area contributed by atoms with Crippen LogP contribution in [0.5, 0.6) is 11.5 Å². The lowest BCUT2D eigenvalue weighted by Gasteiger charge is -2.24. The smallest absolute Gasteiger partial charge is 0.296 e. The molecule has 1 aliphatic heterocycles. The molecule has 6 rings (SSSR count). The van der Waals surface area contributed by atoms with Gasteiger partial charge in [-0.3, -0.25) is 14.5 Å². The Morgan fingerprint density at radius 3 is 2.80 bits per heavy atom. The summed E-state index contributed by atoms with van der Waals surface area (Å²) in [5.74, 6) is -1.04. The maximum atomic E-state index is 14.0. The molecule has 1 amide bonds. The molecule has 1 unspecified atom stereocenters. The normalized spacial score (nSPS) is 15.3. The van der Waals surface area contributed by atoms with Crippen molar-refractivity contribution in [2.45, 2.75) is 13.0 Å². The number of anilines is 1. The van der Waals surface area contributed by atoms with Gasteiger partial charge in [-0.05, 0) is 54.4 Å². The lowest BCUT2D eigenvalue weighted by molar-refractivity contribution is -0.117. The molecule has 0 spiro atoms. The minimum atomic E-state index is -0.982. The number of hydrogen-bond donors (Lipinski definition) is 1. The number of benzene rings is 3. The molecule has 40 heavy (non-hydrogen) atoms. The number of amides is 1. The Morgan fingerprint density at radius 1 is 1.18 bits per heavy atom. The lowest BCUT2D eigenvalue weighted by Crippen LogP contribution is -2.31. The van der Waals surface area contributed by atoms with Crippen molar-refractivity contribution in [1.29, 1.82) is 0 Å². The maximum absolute atomic E-state index is 14.0. The van der Waals surface area contributed by atoms with E-state index in [0.29, 0.717) is 38.7 Å². The number of aromatic nitrogens is 1. The average molecular weight is 553 g/mol. The van der Waals surface area contributed by atoms with Crippen LogP contribution in [0.15, 0.2) is 95.1 Å². The van der Waals surface area contributed by atoms with Crippen LogP contribution in [0.2, 0.25) is 0 Å². The number of aliphatic hydroxyl groups excluding tert-OH is 1. The number of nitrogens with zero attached hydrogens (tertiary/aromatic N) is 2. The van der Waals surface area contributed by atoms with Gasteiger partial charge in [0.1, 0.15) is 12.4 Å². The average Bonchev–Trinajstić information content (AvgIpc) is 3.65. The fourth-order valence-electron chi connectivity index (χ4n) is 4.84. The third-order valence-corrected chi connectivity index (χ3v) is 7.70. The highest BCUT2D eigenvalue weighted by molar-refractivity contribution is 7.22. The topological polar surface area (TPSA) is 102 Å². The first-order valence-electron chi connectivity index (χ1n) is 12.5. The summed E-state index contributed by atoms with van der Waals surface area (Å²) in [5.41, 5.74) is 2.61. The molecule has 200 valence electrons. The van der Waals surface area contributed by atoms with E-state index >= 15 is 0 Å². The van der Waals surface area contributed by atoms with Crippen LogP contribution in [0.4, 0.5) is 5.13 Å². The number of aliphatic hydroxyl groups is 1. The number of ketones is 1. The fourth-order valence-corrected chi connectivity index (χ4v) is 5.93. The summed E-state index contributed by atoms with van der Waals surface area (Å²) in [4.78, 5) is 33.7. The second-order valence-electron chi connectivity index (χ2n) is 9.30. The van der Waals surface area contributed by atoms with Crippen LogP contribution < -0.4 is 14.4 Å². The summed E-state index contributed by atoms with van der Waals surface area (Å²) in [6.07, 6.45) is 1.62. The molecular weight excluding hydrogens is 528 g/mol. The largest absolute Gasteiger partial charge is 0.503 e. The van der Waals surface area contributed by atoms with Crippen LogP contribution in [0.1, 0.15) is 27.7 Å². The van der Waals surface area contributed by atoms with Crippen molar-refractivity contribution >= 4 is 49.3 Å². The monoisotopic (exact) mass is 552 g/mol. The Kier molecular flexibility index (Phi) is 6.36. The quantitative estimate of drug-likeness (QED) is 0.169. The number of rotatable bonds is 8. The number of Topliss-reactive ketones (excluding diaryl/α,β-unsaturated/α-hetero) is 1.